The predicted octanol–water partition coefficient (Wildman–Crippen LogP) is 1.65. The molecule has 2 heterocycles. The van der Waals surface area contributed by atoms with Crippen LogP contribution < -0.4 is 9.47 Å². The van der Waals surface area contributed by atoms with Gasteiger partial charge in [-0.1, -0.05) is 6.07 Å². The fraction of sp³-hybridized carbons (Fsp3) is 0.308. The number of benzene rings is 1. The molecule has 1 unspecified atom stereocenters. The molecule has 1 aliphatic heterocycles. The Balaban J connectivity index is 1.92. The van der Waals surface area contributed by atoms with E-state index < -0.39 is 6.10 Å². The average Bonchev–Trinajstić information content (AvgIpc) is 2.83. The summed E-state index contributed by atoms with van der Waals surface area (Å²) in [4.78, 5) is 6.94. The van der Waals surface area contributed by atoms with Crippen molar-refractivity contribution >= 4 is 0 Å². The van der Waals surface area contributed by atoms with E-state index in [1.54, 1.807) is 18.5 Å². The summed E-state index contributed by atoms with van der Waals surface area (Å²) in [6.07, 6.45) is 3.38. The van der Waals surface area contributed by atoms with E-state index in [2.05, 4.69) is 9.97 Å². The Hall–Kier alpha value is -2.01. The molecule has 3 rings (SSSR count). The maximum Gasteiger partial charge on any atom is 0.161 e. The summed E-state index contributed by atoms with van der Waals surface area (Å²) in [5.74, 6) is 1.92. The van der Waals surface area contributed by atoms with E-state index in [1.165, 1.54) is 0 Å². The number of nitrogens with one attached hydrogen (secondary N) is 1. The number of fused-ring (bicyclic) bond motifs is 1. The van der Waals surface area contributed by atoms with Crippen molar-refractivity contribution in [3.63, 3.8) is 0 Å². The highest BCUT2D eigenvalue weighted by molar-refractivity contribution is 5.44. The van der Waals surface area contributed by atoms with Crippen LogP contribution in [0, 0.1) is 0 Å². The number of nitrogens with zero attached hydrogens (tertiary/aromatic N) is 1. The Morgan fingerprint density at radius 2 is 2.06 bits per heavy atom. The van der Waals surface area contributed by atoms with Crippen LogP contribution in [0.15, 0.2) is 30.6 Å². The van der Waals surface area contributed by atoms with Crippen molar-refractivity contribution in [3.8, 4) is 11.5 Å². The van der Waals surface area contributed by atoms with Gasteiger partial charge in [0.15, 0.2) is 11.5 Å². The summed E-state index contributed by atoms with van der Waals surface area (Å²) in [6.45, 7) is 1.29. The average molecular weight is 246 g/mol. The van der Waals surface area contributed by atoms with Crippen molar-refractivity contribution in [2.75, 3.05) is 13.2 Å². The van der Waals surface area contributed by atoms with Crippen molar-refractivity contribution in [3.05, 3.63) is 42.0 Å². The SMILES string of the molecule is OC(c1ccc2c(c1)OCCCO2)c1ncc[nH]1. The summed E-state index contributed by atoms with van der Waals surface area (Å²) in [5.41, 5.74) is 0.731. The van der Waals surface area contributed by atoms with Gasteiger partial charge in [0.25, 0.3) is 0 Å². The third kappa shape index (κ3) is 2.04. The third-order valence-corrected chi connectivity index (χ3v) is 2.87. The molecule has 2 N–H and O–H groups in total. The Morgan fingerprint density at radius 3 is 2.83 bits per heavy atom. The first-order valence-corrected chi connectivity index (χ1v) is 5.91. The molecule has 5 heteroatoms. The quantitative estimate of drug-likeness (QED) is 0.845. The van der Waals surface area contributed by atoms with E-state index in [4.69, 9.17) is 9.47 Å². The van der Waals surface area contributed by atoms with E-state index in [1.807, 2.05) is 12.1 Å². The van der Waals surface area contributed by atoms with Gasteiger partial charge in [-0.05, 0) is 17.7 Å². The van der Waals surface area contributed by atoms with E-state index in [0.29, 0.717) is 24.8 Å². The van der Waals surface area contributed by atoms with E-state index >= 15 is 0 Å². The molecule has 5 nitrogen and oxygen atoms in total. The summed E-state index contributed by atoms with van der Waals surface area (Å²) >= 11 is 0. The van der Waals surface area contributed by atoms with Gasteiger partial charge in [0.2, 0.25) is 0 Å². The van der Waals surface area contributed by atoms with Gasteiger partial charge in [0, 0.05) is 18.8 Å². The first-order valence-electron chi connectivity index (χ1n) is 5.91. The number of H-pyrrole nitrogens is 1. The van der Waals surface area contributed by atoms with E-state index in [-0.39, 0.29) is 0 Å². The topological polar surface area (TPSA) is 67.4 Å². The van der Waals surface area contributed by atoms with Crippen molar-refractivity contribution < 1.29 is 14.6 Å². The Kier molecular flexibility index (Phi) is 2.90. The number of rotatable bonds is 2. The molecule has 0 aliphatic carbocycles. The monoisotopic (exact) mass is 246 g/mol. The smallest absolute Gasteiger partial charge is 0.161 e. The summed E-state index contributed by atoms with van der Waals surface area (Å²) in [7, 11) is 0. The molecule has 0 radical (unpaired) electrons. The first kappa shape index (κ1) is 11.1. The molecule has 0 saturated heterocycles. The molecule has 0 spiro atoms. The van der Waals surface area contributed by atoms with Gasteiger partial charge in [-0.3, -0.25) is 0 Å². The van der Waals surface area contributed by atoms with Gasteiger partial charge in [-0.25, -0.2) is 4.98 Å². The molecule has 0 bridgehead atoms. The highest BCUT2D eigenvalue weighted by Gasteiger charge is 2.17. The van der Waals surface area contributed by atoms with Crippen LogP contribution in [0.3, 0.4) is 0 Å². The molecule has 0 saturated carbocycles. The lowest BCUT2D eigenvalue weighted by Gasteiger charge is -2.12. The molecule has 94 valence electrons. The predicted molar refractivity (Wildman–Crippen MR) is 64.7 cm³/mol. The Morgan fingerprint density at radius 1 is 1.22 bits per heavy atom. The fourth-order valence-corrected chi connectivity index (χ4v) is 1.93. The molecule has 1 aromatic carbocycles. The fourth-order valence-electron chi connectivity index (χ4n) is 1.93. The zero-order valence-corrected chi connectivity index (χ0v) is 9.80. The molecule has 0 amide bonds. The molecule has 1 atom stereocenters. The van der Waals surface area contributed by atoms with Gasteiger partial charge in [-0.2, -0.15) is 0 Å². The minimum Gasteiger partial charge on any atom is -0.490 e. The maximum absolute atomic E-state index is 10.2. The largest absolute Gasteiger partial charge is 0.490 e. The third-order valence-electron chi connectivity index (χ3n) is 2.87. The molecular formula is C13H14N2O3. The number of hydrogen-bond acceptors (Lipinski definition) is 4. The lowest BCUT2D eigenvalue weighted by Crippen LogP contribution is -2.02. The minimum atomic E-state index is -0.780. The number of ether oxygens (including phenoxy) is 2. The van der Waals surface area contributed by atoms with Crippen LogP contribution in [0.5, 0.6) is 11.5 Å². The second-order valence-corrected chi connectivity index (χ2v) is 4.13. The van der Waals surface area contributed by atoms with Crippen LogP contribution in [0.4, 0.5) is 0 Å². The number of aromatic amines is 1. The highest BCUT2D eigenvalue weighted by atomic mass is 16.5. The normalized spacial score (nSPS) is 16.1. The Bertz CT molecular complexity index is 525. The number of aliphatic hydroxyl groups is 1. The number of hydrogen-bond donors (Lipinski definition) is 2. The maximum atomic E-state index is 10.2. The lowest BCUT2D eigenvalue weighted by atomic mass is 10.1. The molecule has 1 aromatic heterocycles. The van der Waals surface area contributed by atoms with Crippen LogP contribution in [0.25, 0.3) is 0 Å². The van der Waals surface area contributed by atoms with Gasteiger partial charge in [0.05, 0.1) is 13.2 Å². The zero-order valence-electron chi connectivity index (χ0n) is 9.80. The number of aliphatic hydroxyl groups excluding tert-OH is 1. The molecule has 18 heavy (non-hydrogen) atoms. The van der Waals surface area contributed by atoms with Crippen molar-refractivity contribution in [1.29, 1.82) is 0 Å². The first-order chi connectivity index (χ1) is 8.84. The number of imidazole rings is 1. The highest BCUT2D eigenvalue weighted by Crippen LogP contribution is 2.33. The lowest BCUT2D eigenvalue weighted by molar-refractivity contribution is 0.210. The van der Waals surface area contributed by atoms with E-state index in [0.717, 1.165) is 17.7 Å². The van der Waals surface area contributed by atoms with Crippen molar-refractivity contribution in [1.82, 2.24) is 9.97 Å². The van der Waals surface area contributed by atoms with Crippen LogP contribution in [-0.2, 0) is 0 Å². The van der Waals surface area contributed by atoms with Crippen molar-refractivity contribution in [2.24, 2.45) is 0 Å². The zero-order chi connectivity index (χ0) is 12.4. The van der Waals surface area contributed by atoms with Gasteiger partial charge < -0.3 is 19.6 Å². The second kappa shape index (κ2) is 4.70. The molecule has 2 aromatic rings. The summed E-state index contributed by atoms with van der Waals surface area (Å²) in [6, 6.07) is 5.44. The van der Waals surface area contributed by atoms with E-state index in [9.17, 15) is 5.11 Å². The summed E-state index contributed by atoms with van der Waals surface area (Å²) < 4.78 is 11.1. The molecule has 1 aliphatic rings. The van der Waals surface area contributed by atoms with Gasteiger partial charge >= 0.3 is 0 Å². The van der Waals surface area contributed by atoms with Crippen LogP contribution in [-0.4, -0.2) is 28.3 Å². The number of aromatic nitrogens is 2. The summed E-state index contributed by atoms with van der Waals surface area (Å²) in [5, 5.41) is 10.2. The minimum absolute atomic E-state index is 0.518. The molecular weight excluding hydrogens is 232 g/mol. The van der Waals surface area contributed by atoms with Gasteiger partial charge in [-0.15, -0.1) is 0 Å². The van der Waals surface area contributed by atoms with Crippen LogP contribution >= 0.6 is 0 Å². The van der Waals surface area contributed by atoms with Gasteiger partial charge in [0.1, 0.15) is 11.9 Å². The molecule has 0 fully saturated rings. The van der Waals surface area contributed by atoms with Crippen molar-refractivity contribution in [2.45, 2.75) is 12.5 Å². The van der Waals surface area contributed by atoms with Crippen LogP contribution in [0.1, 0.15) is 23.9 Å². The Labute approximate surface area is 104 Å². The van der Waals surface area contributed by atoms with Crippen LogP contribution in [0.2, 0.25) is 0 Å². The standard InChI is InChI=1S/C13H14N2O3/c16-12(13-14-4-5-15-13)9-2-3-10-11(8-9)18-7-1-6-17-10/h2-5,8,12,16H,1,6-7H2,(H,14,15). The second-order valence-electron chi connectivity index (χ2n) is 4.13.